The second-order valence-corrected chi connectivity index (χ2v) is 8.26. The van der Waals surface area contributed by atoms with Crippen LogP contribution in [0.5, 0.6) is 0 Å². The molecule has 3 rings (SSSR count). The fraction of sp³-hybridized carbons (Fsp3) is 0.280. The van der Waals surface area contributed by atoms with Gasteiger partial charge in [-0.15, -0.1) is 0 Å². The van der Waals surface area contributed by atoms with Gasteiger partial charge in [-0.3, -0.25) is 4.99 Å². The first kappa shape index (κ1) is 20.6. The number of esters is 1. The Bertz CT molecular complexity index is 1030. The molecule has 0 aliphatic carbocycles. The molecule has 2 aromatic carbocycles. The van der Waals surface area contributed by atoms with Crippen molar-refractivity contribution in [1.29, 1.82) is 0 Å². The number of aliphatic imine (C=N–C) groups is 1. The summed E-state index contributed by atoms with van der Waals surface area (Å²) in [6.45, 7) is 10.8. The van der Waals surface area contributed by atoms with E-state index in [1.807, 2.05) is 18.3 Å². The summed E-state index contributed by atoms with van der Waals surface area (Å²) >= 11 is 0. The van der Waals surface area contributed by atoms with Gasteiger partial charge in [-0.1, -0.05) is 32.9 Å². The molecule has 4 heteroatoms. The molecular weight excluding hydrogens is 360 g/mol. The fourth-order valence-electron chi connectivity index (χ4n) is 3.37. The Morgan fingerprint density at radius 3 is 2.17 bits per heavy atom. The number of methoxy groups -OCH3 is 1. The highest BCUT2D eigenvalue weighted by Crippen LogP contribution is 2.25. The van der Waals surface area contributed by atoms with Gasteiger partial charge in [-0.25, -0.2) is 4.79 Å². The van der Waals surface area contributed by atoms with Crippen LogP contribution in [0.25, 0.3) is 5.69 Å². The molecule has 1 heterocycles. The average molecular weight is 389 g/mol. The van der Waals surface area contributed by atoms with Crippen LogP contribution >= 0.6 is 0 Å². The Kier molecular flexibility index (Phi) is 5.73. The summed E-state index contributed by atoms with van der Waals surface area (Å²) in [7, 11) is 1.39. The van der Waals surface area contributed by atoms with Crippen LogP contribution in [0.15, 0.2) is 59.6 Å². The molecule has 0 unspecified atom stereocenters. The van der Waals surface area contributed by atoms with Crippen LogP contribution in [0.4, 0.5) is 5.69 Å². The van der Waals surface area contributed by atoms with E-state index in [-0.39, 0.29) is 11.4 Å². The molecule has 150 valence electrons. The number of aromatic nitrogens is 1. The van der Waals surface area contributed by atoms with Crippen molar-refractivity contribution in [3.8, 4) is 5.69 Å². The van der Waals surface area contributed by atoms with Gasteiger partial charge in [0.15, 0.2) is 0 Å². The van der Waals surface area contributed by atoms with Gasteiger partial charge in [0.1, 0.15) is 0 Å². The van der Waals surface area contributed by atoms with Crippen molar-refractivity contribution in [3.05, 3.63) is 82.7 Å². The number of rotatable bonds is 4. The van der Waals surface area contributed by atoms with E-state index in [0.29, 0.717) is 5.56 Å². The first-order valence-corrected chi connectivity index (χ1v) is 9.73. The Labute approximate surface area is 172 Å². The van der Waals surface area contributed by atoms with Crippen LogP contribution in [0.2, 0.25) is 0 Å². The van der Waals surface area contributed by atoms with E-state index in [2.05, 4.69) is 74.5 Å². The third-order valence-corrected chi connectivity index (χ3v) is 5.10. The summed E-state index contributed by atoms with van der Waals surface area (Å²) in [5, 5.41) is 0. The molecule has 0 fully saturated rings. The van der Waals surface area contributed by atoms with Crippen LogP contribution in [-0.2, 0) is 10.2 Å². The number of hydrogen-bond acceptors (Lipinski definition) is 3. The summed E-state index contributed by atoms with van der Waals surface area (Å²) in [6.07, 6.45) is 1.91. The highest BCUT2D eigenvalue weighted by atomic mass is 16.5. The lowest BCUT2D eigenvalue weighted by atomic mass is 9.87. The topological polar surface area (TPSA) is 43.6 Å². The Morgan fingerprint density at radius 1 is 1.00 bits per heavy atom. The lowest BCUT2D eigenvalue weighted by Crippen LogP contribution is -2.10. The minimum atomic E-state index is -0.331. The average Bonchev–Trinajstić information content (AvgIpc) is 2.99. The minimum absolute atomic E-state index is 0.135. The predicted octanol–water partition coefficient (Wildman–Crippen LogP) is 5.93. The second-order valence-electron chi connectivity index (χ2n) is 8.26. The molecule has 0 atom stereocenters. The maximum Gasteiger partial charge on any atom is 0.337 e. The van der Waals surface area contributed by atoms with Crippen LogP contribution in [0.3, 0.4) is 0 Å². The van der Waals surface area contributed by atoms with Gasteiger partial charge < -0.3 is 9.30 Å². The number of benzene rings is 2. The quantitative estimate of drug-likeness (QED) is 0.411. The lowest BCUT2D eigenvalue weighted by molar-refractivity contribution is 0.0600. The number of carbonyl (C=O) groups excluding carboxylic acids is 1. The fourth-order valence-corrected chi connectivity index (χ4v) is 3.37. The number of ether oxygens (including phenoxy) is 1. The minimum Gasteiger partial charge on any atom is -0.465 e. The number of hydrogen-bond donors (Lipinski definition) is 0. The zero-order valence-corrected chi connectivity index (χ0v) is 18.0. The van der Waals surface area contributed by atoms with E-state index in [9.17, 15) is 4.79 Å². The molecule has 0 saturated carbocycles. The SMILES string of the molecule is COC(=O)c1ccc(-n2c(C)cc(C=Nc3ccc(C(C)(C)C)cc3)c2C)cc1. The van der Waals surface area contributed by atoms with Crippen molar-refractivity contribution in [2.45, 2.75) is 40.0 Å². The zero-order valence-electron chi connectivity index (χ0n) is 18.0. The molecule has 0 N–H and O–H groups in total. The lowest BCUT2D eigenvalue weighted by Gasteiger charge is -2.18. The van der Waals surface area contributed by atoms with Crippen LogP contribution < -0.4 is 0 Å². The number of aryl methyl sites for hydroxylation is 1. The summed E-state index contributed by atoms with van der Waals surface area (Å²) in [5.74, 6) is -0.331. The molecule has 3 aromatic rings. The van der Waals surface area contributed by atoms with Crippen molar-refractivity contribution in [2.75, 3.05) is 7.11 Å². The molecule has 0 saturated heterocycles. The maximum absolute atomic E-state index is 11.6. The molecular formula is C25H28N2O2. The van der Waals surface area contributed by atoms with Gasteiger partial charge >= 0.3 is 5.97 Å². The number of nitrogens with zero attached hydrogens (tertiary/aromatic N) is 2. The monoisotopic (exact) mass is 388 g/mol. The molecule has 0 radical (unpaired) electrons. The van der Waals surface area contributed by atoms with Crippen LogP contribution in [0.1, 0.15) is 53.6 Å². The predicted molar refractivity (Wildman–Crippen MR) is 119 cm³/mol. The molecule has 0 aliphatic heterocycles. The largest absolute Gasteiger partial charge is 0.465 e. The molecule has 0 aliphatic rings. The molecule has 0 bridgehead atoms. The van der Waals surface area contributed by atoms with E-state index >= 15 is 0 Å². The summed E-state index contributed by atoms with van der Waals surface area (Å²) < 4.78 is 6.93. The van der Waals surface area contributed by atoms with Crippen molar-refractivity contribution >= 4 is 17.9 Å². The Morgan fingerprint density at radius 2 is 1.62 bits per heavy atom. The summed E-state index contributed by atoms with van der Waals surface area (Å²) in [6, 6.07) is 17.9. The molecule has 1 aromatic heterocycles. The maximum atomic E-state index is 11.6. The highest BCUT2D eigenvalue weighted by molar-refractivity contribution is 5.89. The van der Waals surface area contributed by atoms with E-state index in [4.69, 9.17) is 4.74 Å². The summed E-state index contributed by atoms with van der Waals surface area (Å²) in [5.41, 5.74) is 7.19. The van der Waals surface area contributed by atoms with Crippen molar-refractivity contribution in [1.82, 2.24) is 4.57 Å². The van der Waals surface area contributed by atoms with Crippen LogP contribution in [-0.4, -0.2) is 23.9 Å². The third-order valence-electron chi connectivity index (χ3n) is 5.10. The highest BCUT2D eigenvalue weighted by Gasteiger charge is 2.13. The first-order valence-electron chi connectivity index (χ1n) is 9.73. The van der Waals surface area contributed by atoms with Gasteiger partial charge in [0.2, 0.25) is 0 Å². The molecule has 0 spiro atoms. The second kappa shape index (κ2) is 8.08. The van der Waals surface area contributed by atoms with Crippen LogP contribution in [0, 0.1) is 13.8 Å². The van der Waals surface area contributed by atoms with E-state index < -0.39 is 0 Å². The summed E-state index contributed by atoms with van der Waals surface area (Å²) in [4.78, 5) is 16.3. The third kappa shape index (κ3) is 4.48. The van der Waals surface area contributed by atoms with E-state index in [1.165, 1.54) is 12.7 Å². The van der Waals surface area contributed by atoms with Gasteiger partial charge in [0.25, 0.3) is 0 Å². The van der Waals surface area contributed by atoms with Gasteiger partial charge in [0, 0.05) is 28.9 Å². The zero-order chi connectivity index (χ0) is 21.2. The Balaban J connectivity index is 1.86. The van der Waals surface area contributed by atoms with Crippen molar-refractivity contribution < 1.29 is 9.53 Å². The van der Waals surface area contributed by atoms with Gasteiger partial charge in [-0.2, -0.15) is 0 Å². The molecule has 29 heavy (non-hydrogen) atoms. The molecule has 0 amide bonds. The molecule has 4 nitrogen and oxygen atoms in total. The van der Waals surface area contributed by atoms with Gasteiger partial charge in [-0.05, 0) is 67.3 Å². The van der Waals surface area contributed by atoms with Crippen molar-refractivity contribution in [2.24, 2.45) is 4.99 Å². The van der Waals surface area contributed by atoms with E-state index in [1.54, 1.807) is 12.1 Å². The Hall–Kier alpha value is -3.14. The smallest absolute Gasteiger partial charge is 0.337 e. The standard InChI is InChI=1S/C25H28N2O2/c1-17-15-20(16-26-22-11-9-21(10-12-22)25(3,4)5)18(2)27(17)23-13-7-19(8-14-23)24(28)29-6/h7-16H,1-6H3. The normalized spacial score (nSPS) is 11.8. The van der Waals surface area contributed by atoms with Gasteiger partial charge in [0.05, 0.1) is 18.4 Å². The van der Waals surface area contributed by atoms with Crippen molar-refractivity contribution in [3.63, 3.8) is 0 Å². The number of carbonyl (C=O) groups is 1. The first-order chi connectivity index (χ1) is 13.7. The van der Waals surface area contributed by atoms with E-state index in [0.717, 1.165) is 28.3 Å².